The monoisotopic (exact) mass is 262 g/mol. The van der Waals surface area contributed by atoms with Gasteiger partial charge in [0.15, 0.2) is 0 Å². The molecule has 0 aliphatic carbocycles. The number of carbonyl (C=O) groups is 1. The fraction of sp³-hybridized carbons (Fsp3) is 0.231. The van der Waals surface area contributed by atoms with Crippen molar-refractivity contribution < 1.29 is 9.18 Å². The topological polar surface area (TPSA) is 72.9 Å². The molecule has 0 radical (unpaired) electrons. The van der Waals surface area contributed by atoms with Gasteiger partial charge in [-0.3, -0.25) is 4.79 Å². The molecule has 3 N–H and O–H groups in total. The highest BCUT2D eigenvalue weighted by Gasteiger charge is 2.09. The summed E-state index contributed by atoms with van der Waals surface area (Å²) in [6.45, 7) is 3.27. The Bertz CT molecular complexity index is 594. The lowest BCUT2D eigenvalue weighted by atomic mass is 10.1. The van der Waals surface area contributed by atoms with E-state index in [1.165, 1.54) is 29.2 Å². The van der Waals surface area contributed by atoms with Crippen molar-refractivity contribution in [2.75, 3.05) is 6.54 Å². The number of primary amides is 1. The number of nitrogens with one attached hydrogen (secondary N) is 1. The molecule has 2 rings (SSSR count). The van der Waals surface area contributed by atoms with Crippen molar-refractivity contribution in [1.82, 2.24) is 15.1 Å². The Morgan fingerprint density at radius 3 is 2.95 bits per heavy atom. The Morgan fingerprint density at radius 2 is 2.32 bits per heavy atom. The molecule has 0 bridgehead atoms. The molecule has 2 aromatic rings. The number of nitrogens with two attached hydrogens (primary N) is 1. The van der Waals surface area contributed by atoms with E-state index in [-0.39, 0.29) is 5.82 Å². The van der Waals surface area contributed by atoms with Gasteiger partial charge in [0.25, 0.3) is 5.91 Å². The maximum atomic E-state index is 13.3. The van der Waals surface area contributed by atoms with Gasteiger partial charge in [-0.1, -0.05) is 6.92 Å². The van der Waals surface area contributed by atoms with Gasteiger partial charge in [-0.05, 0) is 30.3 Å². The average Bonchev–Trinajstić information content (AvgIpc) is 2.86. The lowest BCUT2D eigenvalue weighted by molar-refractivity contribution is 0.100. The van der Waals surface area contributed by atoms with E-state index < -0.39 is 5.91 Å². The largest absolute Gasteiger partial charge is 0.366 e. The average molecular weight is 262 g/mol. The standard InChI is InChI=1S/C13H15FN4O/c1-2-16-6-9-5-11(14)3-4-12(9)18-8-10(7-17-18)13(15)19/h3-5,7-8,16H,2,6H2,1H3,(H2,15,19). The first-order valence-corrected chi connectivity index (χ1v) is 5.95. The number of hydrogen-bond donors (Lipinski definition) is 2. The Labute approximate surface area is 110 Å². The van der Waals surface area contributed by atoms with Gasteiger partial charge in [0, 0.05) is 12.7 Å². The zero-order valence-corrected chi connectivity index (χ0v) is 10.6. The van der Waals surface area contributed by atoms with Gasteiger partial charge in [-0.2, -0.15) is 5.10 Å². The molecule has 0 saturated heterocycles. The van der Waals surface area contributed by atoms with Crippen LogP contribution in [0.4, 0.5) is 4.39 Å². The maximum Gasteiger partial charge on any atom is 0.251 e. The van der Waals surface area contributed by atoms with Crippen LogP contribution in [0.1, 0.15) is 22.8 Å². The zero-order chi connectivity index (χ0) is 13.8. The summed E-state index contributed by atoms with van der Waals surface area (Å²) >= 11 is 0. The van der Waals surface area contributed by atoms with Crippen LogP contribution in [0.3, 0.4) is 0 Å². The third-order valence-corrected chi connectivity index (χ3v) is 2.72. The summed E-state index contributed by atoms with van der Waals surface area (Å²) in [7, 11) is 0. The highest BCUT2D eigenvalue weighted by atomic mass is 19.1. The molecule has 5 nitrogen and oxygen atoms in total. The molecule has 0 unspecified atom stereocenters. The van der Waals surface area contributed by atoms with Crippen LogP contribution in [0, 0.1) is 5.82 Å². The highest BCUT2D eigenvalue weighted by molar-refractivity contribution is 5.92. The van der Waals surface area contributed by atoms with Crippen molar-refractivity contribution in [2.45, 2.75) is 13.5 Å². The predicted octanol–water partition coefficient (Wildman–Crippen LogP) is 1.22. The molecule has 6 heteroatoms. The number of halogens is 1. The normalized spacial score (nSPS) is 10.6. The van der Waals surface area contributed by atoms with Gasteiger partial charge in [0.2, 0.25) is 0 Å². The lowest BCUT2D eigenvalue weighted by Crippen LogP contribution is -2.14. The van der Waals surface area contributed by atoms with Gasteiger partial charge >= 0.3 is 0 Å². The second-order valence-corrected chi connectivity index (χ2v) is 4.09. The Kier molecular flexibility index (Phi) is 3.91. The minimum absolute atomic E-state index is 0.307. The Morgan fingerprint density at radius 1 is 1.53 bits per heavy atom. The van der Waals surface area contributed by atoms with Crippen LogP contribution in [0.25, 0.3) is 5.69 Å². The third-order valence-electron chi connectivity index (χ3n) is 2.72. The number of rotatable bonds is 5. The van der Waals surface area contributed by atoms with Crippen LogP contribution in [0.15, 0.2) is 30.6 Å². The molecule has 0 aliphatic heterocycles. The minimum atomic E-state index is -0.540. The van der Waals surface area contributed by atoms with Crippen LogP contribution in [-0.4, -0.2) is 22.2 Å². The number of carbonyl (C=O) groups excluding carboxylic acids is 1. The Balaban J connectivity index is 2.39. The van der Waals surface area contributed by atoms with Crippen LogP contribution >= 0.6 is 0 Å². The fourth-order valence-electron chi connectivity index (χ4n) is 1.76. The van der Waals surface area contributed by atoms with Crippen molar-refractivity contribution in [3.63, 3.8) is 0 Å². The van der Waals surface area contributed by atoms with E-state index >= 15 is 0 Å². The molecule has 1 aromatic heterocycles. The molecular weight excluding hydrogens is 247 g/mol. The van der Waals surface area contributed by atoms with Gasteiger partial charge in [0.1, 0.15) is 5.82 Å². The summed E-state index contributed by atoms with van der Waals surface area (Å²) < 4.78 is 14.8. The number of nitrogens with zero attached hydrogens (tertiary/aromatic N) is 2. The van der Waals surface area contributed by atoms with Crippen molar-refractivity contribution in [2.24, 2.45) is 5.73 Å². The SMILES string of the molecule is CCNCc1cc(F)ccc1-n1cc(C(N)=O)cn1. The number of benzene rings is 1. The highest BCUT2D eigenvalue weighted by Crippen LogP contribution is 2.16. The van der Waals surface area contributed by atoms with Gasteiger partial charge in [-0.15, -0.1) is 0 Å². The predicted molar refractivity (Wildman–Crippen MR) is 69.4 cm³/mol. The second-order valence-electron chi connectivity index (χ2n) is 4.09. The summed E-state index contributed by atoms with van der Waals surface area (Å²) in [6.07, 6.45) is 2.92. The van der Waals surface area contributed by atoms with E-state index in [4.69, 9.17) is 5.73 Å². The van der Waals surface area contributed by atoms with E-state index in [2.05, 4.69) is 10.4 Å². The van der Waals surface area contributed by atoms with E-state index in [9.17, 15) is 9.18 Å². The number of amides is 1. The summed E-state index contributed by atoms with van der Waals surface area (Å²) in [5, 5.41) is 7.20. The minimum Gasteiger partial charge on any atom is -0.366 e. The third kappa shape index (κ3) is 2.97. The first-order chi connectivity index (χ1) is 9.11. The molecule has 0 atom stereocenters. The maximum absolute atomic E-state index is 13.3. The summed E-state index contributed by atoms with van der Waals surface area (Å²) in [4.78, 5) is 11.1. The smallest absolute Gasteiger partial charge is 0.251 e. The quantitative estimate of drug-likeness (QED) is 0.851. The zero-order valence-electron chi connectivity index (χ0n) is 10.6. The first kappa shape index (κ1) is 13.2. The molecule has 0 aliphatic rings. The van der Waals surface area contributed by atoms with E-state index in [1.807, 2.05) is 6.92 Å². The van der Waals surface area contributed by atoms with Crippen LogP contribution in [0.2, 0.25) is 0 Å². The number of hydrogen-bond acceptors (Lipinski definition) is 3. The first-order valence-electron chi connectivity index (χ1n) is 5.95. The molecule has 1 amide bonds. The fourth-order valence-corrected chi connectivity index (χ4v) is 1.76. The molecule has 0 saturated carbocycles. The Hall–Kier alpha value is -2.21. The number of aromatic nitrogens is 2. The molecule has 100 valence electrons. The summed E-state index contributed by atoms with van der Waals surface area (Å²) in [5.41, 5.74) is 6.98. The van der Waals surface area contributed by atoms with Gasteiger partial charge < -0.3 is 11.1 Å². The van der Waals surface area contributed by atoms with Gasteiger partial charge in [0.05, 0.1) is 17.4 Å². The molecule has 19 heavy (non-hydrogen) atoms. The molecule has 1 aromatic carbocycles. The van der Waals surface area contributed by atoms with E-state index in [1.54, 1.807) is 6.07 Å². The van der Waals surface area contributed by atoms with E-state index in [0.717, 1.165) is 17.8 Å². The van der Waals surface area contributed by atoms with Crippen LogP contribution < -0.4 is 11.1 Å². The van der Waals surface area contributed by atoms with Crippen molar-refractivity contribution in [3.8, 4) is 5.69 Å². The van der Waals surface area contributed by atoms with Gasteiger partial charge in [-0.25, -0.2) is 9.07 Å². The summed E-state index contributed by atoms with van der Waals surface area (Å²) in [6, 6.07) is 4.43. The van der Waals surface area contributed by atoms with Crippen molar-refractivity contribution >= 4 is 5.91 Å². The summed E-state index contributed by atoms with van der Waals surface area (Å²) in [5.74, 6) is -0.847. The van der Waals surface area contributed by atoms with Crippen molar-refractivity contribution in [3.05, 3.63) is 47.5 Å². The molecule has 0 spiro atoms. The second kappa shape index (κ2) is 5.62. The van der Waals surface area contributed by atoms with E-state index in [0.29, 0.717) is 12.1 Å². The molecular formula is C13H15FN4O. The lowest BCUT2D eigenvalue weighted by Gasteiger charge is -2.10. The van der Waals surface area contributed by atoms with Crippen LogP contribution in [-0.2, 0) is 6.54 Å². The van der Waals surface area contributed by atoms with Crippen LogP contribution in [0.5, 0.6) is 0 Å². The molecule has 0 fully saturated rings. The molecule has 1 heterocycles. The van der Waals surface area contributed by atoms with Crippen molar-refractivity contribution in [1.29, 1.82) is 0 Å².